The van der Waals surface area contributed by atoms with Gasteiger partial charge in [0.25, 0.3) is 0 Å². The number of halogens is 2. The topological polar surface area (TPSA) is 30.0 Å². The quantitative estimate of drug-likeness (QED) is 0.442. The van der Waals surface area contributed by atoms with E-state index < -0.39 is 0 Å². The first-order valence-electron chi connectivity index (χ1n) is 8.15. The van der Waals surface area contributed by atoms with E-state index in [4.69, 9.17) is 0 Å². The highest BCUT2D eigenvalue weighted by molar-refractivity contribution is 9.10. The Balaban J connectivity index is 0.000000521. The maximum Gasteiger partial charge on any atom is 0.211 e. The molecule has 0 bridgehead atoms. The standard InChI is InChI=1S/C16H14BrNO.C3H8.CH3Br/c1-9-7-11-4-6-12-13(5-3-10(2)14(12)17)16(19)15(11)18-8-9;1-3-2;1-2/h3,5,7-8H,4,6H2,1-2H3;3H2,1-2H3;1H3. The summed E-state index contributed by atoms with van der Waals surface area (Å²) in [5, 5.41) is 0. The Morgan fingerprint density at radius 3 is 2.38 bits per heavy atom. The van der Waals surface area contributed by atoms with Crippen molar-refractivity contribution < 1.29 is 4.79 Å². The summed E-state index contributed by atoms with van der Waals surface area (Å²) in [6.45, 7) is 8.31. The molecule has 3 rings (SSSR count). The van der Waals surface area contributed by atoms with Gasteiger partial charge in [0.1, 0.15) is 5.69 Å². The lowest BCUT2D eigenvalue weighted by atomic mass is 9.99. The Morgan fingerprint density at radius 2 is 1.75 bits per heavy atom. The molecule has 0 saturated carbocycles. The number of ketones is 1. The molecule has 1 aromatic carbocycles. The van der Waals surface area contributed by atoms with Crippen LogP contribution in [0.2, 0.25) is 0 Å². The summed E-state index contributed by atoms with van der Waals surface area (Å²) in [6.07, 6.45) is 4.76. The molecule has 1 aromatic heterocycles. The van der Waals surface area contributed by atoms with E-state index in [1.54, 1.807) is 6.20 Å². The number of hydrogen-bond acceptors (Lipinski definition) is 2. The average Bonchev–Trinajstić information content (AvgIpc) is 2.71. The van der Waals surface area contributed by atoms with Gasteiger partial charge in [-0.05, 0) is 54.8 Å². The number of aromatic nitrogens is 1. The van der Waals surface area contributed by atoms with Crippen molar-refractivity contribution in [3.05, 3.63) is 62.4 Å². The van der Waals surface area contributed by atoms with E-state index in [-0.39, 0.29) is 5.78 Å². The first kappa shape index (κ1) is 21.0. The third-order valence-electron chi connectivity index (χ3n) is 3.64. The molecular weight excluding hydrogens is 430 g/mol. The molecule has 1 aliphatic rings. The monoisotopic (exact) mass is 453 g/mol. The van der Waals surface area contributed by atoms with Crippen molar-refractivity contribution in [3.8, 4) is 0 Å². The zero-order chi connectivity index (χ0) is 18.3. The minimum Gasteiger partial charge on any atom is -0.287 e. The second-order valence-electron chi connectivity index (χ2n) is 5.78. The summed E-state index contributed by atoms with van der Waals surface area (Å²) in [7, 11) is 0. The molecule has 0 atom stereocenters. The maximum absolute atomic E-state index is 12.6. The van der Waals surface area contributed by atoms with Gasteiger partial charge in [0.2, 0.25) is 5.78 Å². The van der Waals surface area contributed by atoms with Crippen LogP contribution in [0.1, 0.15) is 58.6 Å². The number of rotatable bonds is 0. The first-order valence-corrected chi connectivity index (χ1v) is 10.5. The molecule has 0 aliphatic heterocycles. The van der Waals surface area contributed by atoms with E-state index in [1.807, 2.05) is 24.9 Å². The number of carbonyl (C=O) groups is 1. The highest BCUT2D eigenvalue weighted by Gasteiger charge is 2.24. The molecule has 1 aliphatic carbocycles. The van der Waals surface area contributed by atoms with Crippen molar-refractivity contribution in [2.75, 3.05) is 5.83 Å². The maximum atomic E-state index is 12.6. The normalized spacial score (nSPS) is 11.9. The Labute approximate surface area is 162 Å². The van der Waals surface area contributed by atoms with Gasteiger partial charge < -0.3 is 0 Å². The zero-order valence-electron chi connectivity index (χ0n) is 15.0. The lowest BCUT2D eigenvalue weighted by molar-refractivity contribution is 0.103. The van der Waals surface area contributed by atoms with E-state index in [9.17, 15) is 4.79 Å². The minimum atomic E-state index is 0.0446. The zero-order valence-corrected chi connectivity index (χ0v) is 18.2. The number of nitrogens with zero attached hydrogens (tertiary/aromatic N) is 1. The average molecular weight is 455 g/mol. The second-order valence-corrected chi connectivity index (χ2v) is 6.57. The highest BCUT2D eigenvalue weighted by Crippen LogP contribution is 2.31. The van der Waals surface area contributed by atoms with Crippen LogP contribution >= 0.6 is 31.9 Å². The predicted molar refractivity (Wildman–Crippen MR) is 110 cm³/mol. The second kappa shape index (κ2) is 10.1. The number of hydrogen-bond donors (Lipinski definition) is 0. The molecule has 0 saturated heterocycles. The molecule has 1 heterocycles. The smallest absolute Gasteiger partial charge is 0.211 e. The molecule has 130 valence electrons. The van der Waals surface area contributed by atoms with E-state index in [2.05, 4.69) is 63.7 Å². The van der Waals surface area contributed by atoms with Crippen LogP contribution in [-0.2, 0) is 12.8 Å². The molecule has 2 nitrogen and oxygen atoms in total. The summed E-state index contributed by atoms with van der Waals surface area (Å²) >= 11 is 6.55. The molecule has 2 aromatic rings. The van der Waals surface area contributed by atoms with Gasteiger partial charge in [-0.25, -0.2) is 0 Å². The van der Waals surface area contributed by atoms with Crippen molar-refractivity contribution in [1.82, 2.24) is 4.98 Å². The van der Waals surface area contributed by atoms with E-state index in [0.717, 1.165) is 39.6 Å². The molecule has 24 heavy (non-hydrogen) atoms. The van der Waals surface area contributed by atoms with Gasteiger partial charge in [0.15, 0.2) is 0 Å². The molecule has 0 amide bonds. The first-order chi connectivity index (χ1) is 11.5. The SMILES string of the molecule is CBr.CCC.Cc1cnc2c(c1)CCc1c(ccc(C)c1Br)C2=O. The van der Waals surface area contributed by atoms with Crippen LogP contribution in [0.3, 0.4) is 0 Å². The summed E-state index contributed by atoms with van der Waals surface area (Å²) in [5.41, 5.74) is 5.84. The van der Waals surface area contributed by atoms with Crippen molar-refractivity contribution in [2.24, 2.45) is 0 Å². The van der Waals surface area contributed by atoms with Crippen LogP contribution in [0.15, 0.2) is 28.9 Å². The highest BCUT2D eigenvalue weighted by atomic mass is 79.9. The van der Waals surface area contributed by atoms with Gasteiger partial charge >= 0.3 is 0 Å². The van der Waals surface area contributed by atoms with Gasteiger partial charge in [-0.2, -0.15) is 0 Å². The van der Waals surface area contributed by atoms with Gasteiger partial charge in [0.05, 0.1) is 0 Å². The van der Waals surface area contributed by atoms with Crippen LogP contribution < -0.4 is 0 Å². The summed E-state index contributed by atoms with van der Waals surface area (Å²) in [4.78, 5) is 17.0. The van der Waals surface area contributed by atoms with Gasteiger partial charge in [-0.15, -0.1) is 0 Å². The van der Waals surface area contributed by atoms with E-state index >= 15 is 0 Å². The Hall–Kier alpha value is -1.00. The third-order valence-corrected chi connectivity index (χ3v) is 4.75. The summed E-state index contributed by atoms with van der Waals surface area (Å²) in [5.74, 6) is 1.86. The Kier molecular flexibility index (Phi) is 8.85. The van der Waals surface area contributed by atoms with Crippen molar-refractivity contribution >= 4 is 37.6 Å². The molecule has 0 spiro atoms. The summed E-state index contributed by atoms with van der Waals surface area (Å²) in [6, 6.07) is 5.99. The predicted octanol–water partition coefficient (Wildman–Crippen LogP) is 6.22. The van der Waals surface area contributed by atoms with Gasteiger partial charge in [0, 0.05) is 16.2 Å². The van der Waals surface area contributed by atoms with Crippen LogP contribution in [-0.4, -0.2) is 16.6 Å². The van der Waals surface area contributed by atoms with Crippen molar-refractivity contribution in [1.29, 1.82) is 0 Å². The van der Waals surface area contributed by atoms with E-state index in [0.29, 0.717) is 5.69 Å². The third kappa shape index (κ3) is 4.76. The minimum absolute atomic E-state index is 0.0446. The fraction of sp³-hybridized carbons (Fsp3) is 0.400. The molecule has 0 N–H and O–H groups in total. The molecule has 0 fully saturated rings. The lowest BCUT2D eigenvalue weighted by Crippen LogP contribution is -2.07. The molecule has 0 unspecified atom stereocenters. The number of fused-ring (bicyclic) bond motifs is 2. The lowest BCUT2D eigenvalue weighted by Gasteiger charge is -2.09. The molecular formula is C20H25Br2NO. The van der Waals surface area contributed by atoms with Crippen LogP contribution in [0, 0.1) is 13.8 Å². The number of pyridine rings is 1. The largest absolute Gasteiger partial charge is 0.287 e. The Bertz CT molecular complexity index is 711. The fourth-order valence-electron chi connectivity index (χ4n) is 2.61. The number of aryl methyl sites for hydroxylation is 3. The van der Waals surface area contributed by atoms with Crippen LogP contribution in [0.5, 0.6) is 0 Å². The fourth-order valence-corrected chi connectivity index (χ4v) is 3.15. The van der Waals surface area contributed by atoms with Crippen LogP contribution in [0.25, 0.3) is 0 Å². The number of alkyl halides is 1. The van der Waals surface area contributed by atoms with Crippen molar-refractivity contribution in [2.45, 2.75) is 47.0 Å². The van der Waals surface area contributed by atoms with Crippen LogP contribution in [0.4, 0.5) is 0 Å². The van der Waals surface area contributed by atoms with Gasteiger partial charge in [-0.3, -0.25) is 9.78 Å². The Morgan fingerprint density at radius 1 is 1.12 bits per heavy atom. The number of carbonyl (C=O) groups excluding carboxylic acids is 1. The molecule has 4 heteroatoms. The molecule has 0 radical (unpaired) electrons. The van der Waals surface area contributed by atoms with E-state index in [1.165, 1.54) is 12.0 Å². The summed E-state index contributed by atoms with van der Waals surface area (Å²) < 4.78 is 1.06. The van der Waals surface area contributed by atoms with Gasteiger partial charge in [-0.1, -0.05) is 70.3 Å². The van der Waals surface area contributed by atoms with Crippen molar-refractivity contribution in [3.63, 3.8) is 0 Å². The number of benzene rings is 1.